The Morgan fingerprint density at radius 1 is 1.12 bits per heavy atom. The van der Waals surface area contributed by atoms with E-state index in [1.807, 2.05) is 0 Å². The molecule has 0 atom stereocenters. The van der Waals surface area contributed by atoms with Crippen molar-refractivity contribution < 1.29 is 4.43 Å². The molecule has 0 N–H and O–H groups in total. The van der Waals surface area contributed by atoms with Gasteiger partial charge in [-0.3, -0.25) is 0 Å². The van der Waals surface area contributed by atoms with Crippen molar-refractivity contribution in [3.8, 4) is 0 Å². The summed E-state index contributed by atoms with van der Waals surface area (Å²) in [5, 5.41) is 0. The summed E-state index contributed by atoms with van der Waals surface area (Å²) < 4.78 is 5.92. The lowest BCUT2D eigenvalue weighted by atomic mass is 9.71. The van der Waals surface area contributed by atoms with Gasteiger partial charge in [-0.15, -0.1) is 0 Å². The van der Waals surface area contributed by atoms with Gasteiger partial charge in [0.2, 0.25) is 0 Å². The van der Waals surface area contributed by atoms with Gasteiger partial charge in [0.1, 0.15) is 0 Å². The zero-order valence-corrected chi connectivity index (χ0v) is 19.9. The Balaban J connectivity index is 2.44. The lowest BCUT2D eigenvalue weighted by Crippen LogP contribution is -2.29. The highest BCUT2D eigenvalue weighted by Gasteiger charge is 2.27. The molecular formula is C24H44OSi. The molecule has 0 saturated carbocycles. The van der Waals surface area contributed by atoms with Crippen LogP contribution in [0.25, 0.3) is 0 Å². The van der Waals surface area contributed by atoms with Crippen LogP contribution < -0.4 is 0 Å². The molecule has 0 aliphatic heterocycles. The molecule has 1 nitrogen and oxygen atoms in total. The zero-order chi connectivity index (χ0) is 19.8. The molecule has 0 radical (unpaired) electrons. The van der Waals surface area contributed by atoms with Crippen LogP contribution in [0, 0.1) is 5.41 Å². The Morgan fingerprint density at radius 3 is 2.38 bits per heavy atom. The lowest BCUT2D eigenvalue weighted by molar-refractivity contribution is 0.331. The van der Waals surface area contributed by atoms with Gasteiger partial charge in [-0.1, -0.05) is 48.3 Å². The van der Waals surface area contributed by atoms with E-state index in [1.165, 1.54) is 50.5 Å². The zero-order valence-electron chi connectivity index (χ0n) is 18.9. The average Bonchev–Trinajstić information content (AvgIpc) is 2.52. The second kappa shape index (κ2) is 10.7. The average molecular weight is 377 g/mol. The fourth-order valence-electron chi connectivity index (χ4n) is 4.17. The summed E-state index contributed by atoms with van der Waals surface area (Å²) in [7, 11) is -1.48. The summed E-state index contributed by atoms with van der Waals surface area (Å²) in [6.45, 7) is 19.4. The molecule has 1 rings (SSSR count). The fourth-order valence-corrected chi connectivity index (χ4v) is 5.91. The first-order chi connectivity index (χ1) is 12.1. The van der Waals surface area contributed by atoms with Crippen molar-refractivity contribution in [3.63, 3.8) is 0 Å². The van der Waals surface area contributed by atoms with E-state index in [9.17, 15) is 0 Å². The number of allylic oxidation sites excluding steroid dienone is 6. The molecule has 0 aromatic rings. The largest absolute Gasteiger partial charge is 0.417 e. The highest BCUT2D eigenvalue weighted by molar-refractivity contribution is 6.71. The van der Waals surface area contributed by atoms with Crippen LogP contribution in [-0.2, 0) is 4.43 Å². The molecule has 0 fully saturated rings. The van der Waals surface area contributed by atoms with E-state index in [-0.39, 0.29) is 0 Å². The molecule has 0 heterocycles. The number of hydrogen-bond acceptors (Lipinski definition) is 1. The molecule has 0 aromatic heterocycles. The van der Waals surface area contributed by atoms with E-state index in [2.05, 4.69) is 66.8 Å². The van der Waals surface area contributed by atoms with E-state index >= 15 is 0 Å². The van der Waals surface area contributed by atoms with E-state index < -0.39 is 8.32 Å². The second-order valence-corrected chi connectivity index (χ2v) is 13.7. The van der Waals surface area contributed by atoms with Gasteiger partial charge in [0.25, 0.3) is 0 Å². The van der Waals surface area contributed by atoms with Crippen molar-refractivity contribution in [3.05, 3.63) is 34.4 Å². The van der Waals surface area contributed by atoms with Gasteiger partial charge in [0, 0.05) is 6.61 Å². The van der Waals surface area contributed by atoms with E-state index in [4.69, 9.17) is 4.43 Å². The fraction of sp³-hybridized carbons (Fsp3) is 0.750. The molecule has 1 aliphatic rings. The molecule has 0 bridgehead atoms. The minimum absolute atomic E-state index is 0.416. The SMILES string of the molecule is CCO[Si](C)(C)C/C=C(\C)CC/C=C(\C)CCC1=C(C)CCCC1(C)C. The summed E-state index contributed by atoms with van der Waals surface area (Å²) >= 11 is 0. The van der Waals surface area contributed by atoms with Crippen LogP contribution in [0.2, 0.25) is 19.1 Å². The Labute approximate surface area is 165 Å². The third-order valence-electron chi connectivity index (χ3n) is 5.96. The Kier molecular flexibility index (Phi) is 9.61. The maximum absolute atomic E-state index is 5.92. The maximum atomic E-state index is 5.92. The third kappa shape index (κ3) is 8.39. The number of rotatable bonds is 10. The highest BCUT2D eigenvalue weighted by atomic mass is 28.4. The smallest absolute Gasteiger partial charge is 0.190 e. The van der Waals surface area contributed by atoms with Gasteiger partial charge < -0.3 is 4.43 Å². The van der Waals surface area contributed by atoms with Crippen molar-refractivity contribution in [2.75, 3.05) is 6.61 Å². The second-order valence-electron chi connectivity index (χ2n) is 9.53. The number of hydrogen-bond donors (Lipinski definition) is 0. The van der Waals surface area contributed by atoms with E-state index in [1.54, 1.807) is 16.7 Å². The van der Waals surface area contributed by atoms with Crippen LogP contribution in [0.4, 0.5) is 0 Å². The molecule has 26 heavy (non-hydrogen) atoms. The molecule has 0 saturated heterocycles. The Bertz CT molecular complexity index is 534. The van der Waals surface area contributed by atoms with Crippen molar-refractivity contribution >= 4 is 8.32 Å². The van der Waals surface area contributed by atoms with Crippen molar-refractivity contribution in [1.82, 2.24) is 0 Å². The van der Waals surface area contributed by atoms with Gasteiger partial charge in [-0.05, 0) is 97.2 Å². The van der Waals surface area contributed by atoms with Crippen LogP contribution in [0.5, 0.6) is 0 Å². The molecule has 0 amide bonds. The van der Waals surface area contributed by atoms with Gasteiger partial charge >= 0.3 is 0 Å². The first kappa shape index (κ1) is 23.4. The predicted octanol–water partition coefficient (Wildman–Crippen LogP) is 8.21. The molecule has 0 unspecified atom stereocenters. The van der Waals surface area contributed by atoms with Crippen LogP contribution in [-0.4, -0.2) is 14.9 Å². The first-order valence-electron chi connectivity index (χ1n) is 10.7. The molecule has 0 aromatic carbocycles. The van der Waals surface area contributed by atoms with Gasteiger partial charge in [0.05, 0.1) is 0 Å². The van der Waals surface area contributed by atoms with Crippen LogP contribution in [0.1, 0.15) is 86.5 Å². The van der Waals surface area contributed by atoms with Gasteiger partial charge in [-0.2, -0.15) is 0 Å². The summed E-state index contributed by atoms with van der Waals surface area (Å²) in [4.78, 5) is 0. The molecule has 150 valence electrons. The predicted molar refractivity (Wildman–Crippen MR) is 120 cm³/mol. The van der Waals surface area contributed by atoms with Crippen molar-refractivity contribution in [2.24, 2.45) is 5.41 Å². The summed E-state index contributed by atoms with van der Waals surface area (Å²) in [5.74, 6) is 0. The van der Waals surface area contributed by atoms with E-state index in [0.717, 1.165) is 12.7 Å². The molecule has 2 heteroatoms. The van der Waals surface area contributed by atoms with Crippen LogP contribution in [0.3, 0.4) is 0 Å². The minimum Gasteiger partial charge on any atom is -0.417 e. The van der Waals surface area contributed by atoms with Gasteiger partial charge in [0.15, 0.2) is 8.32 Å². The summed E-state index contributed by atoms with van der Waals surface area (Å²) in [5.41, 5.74) is 6.88. The maximum Gasteiger partial charge on any atom is 0.190 e. The normalized spacial score (nSPS) is 19.2. The monoisotopic (exact) mass is 376 g/mol. The Hall–Kier alpha value is -0.603. The Morgan fingerprint density at radius 2 is 1.77 bits per heavy atom. The van der Waals surface area contributed by atoms with Gasteiger partial charge in [-0.25, -0.2) is 0 Å². The first-order valence-corrected chi connectivity index (χ1v) is 13.8. The van der Waals surface area contributed by atoms with Crippen molar-refractivity contribution in [1.29, 1.82) is 0 Å². The topological polar surface area (TPSA) is 9.23 Å². The molecule has 1 aliphatic carbocycles. The van der Waals surface area contributed by atoms with E-state index in [0.29, 0.717) is 5.41 Å². The van der Waals surface area contributed by atoms with Crippen LogP contribution in [0.15, 0.2) is 34.4 Å². The molecule has 0 spiro atoms. The van der Waals surface area contributed by atoms with Crippen LogP contribution >= 0.6 is 0 Å². The third-order valence-corrected chi connectivity index (χ3v) is 8.22. The van der Waals surface area contributed by atoms with Crippen molar-refractivity contribution in [2.45, 2.75) is 106 Å². The minimum atomic E-state index is -1.48. The molecular weight excluding hydrogens is 332 g/mol. The lowest BCUT2D eigenvalue weighted by Gasteiger charge is -2.35. The quantitative estimate of drug-likeness (QED) is 0.276. The standard InChI is InChI=1S/C24H44OSi/c1-9-25-26(7,8)19-17-21(3)13-10-12-20(2)15-16-23-22(4)14-11-18-24(23,5)6/h12,17H,9-11,13-16,18-19H2,1-8H3/b20-12+,21-17+. The summed E-state index contributed by atoms with van der Waals surface area (Å²) in [6, 6.07) is 1.14. The summed E-state index contributed by atoms with van der Waals surface area (Å²) in [6.07, 6.45) is 13.8. The highest BCUT2D eigenvalue weighted by Crippen LogP contribution is 2.42.